The number of benzene rings is 1. The van der Waals surface area contributed by atoms with Crippen LogP contribution in [0.5, 0.6) is 11.6 Å². The van der Waals surface area contributed by atoms with Gasteiger partial charge in [0.25, 0.3) is 0 Å². The van der Waals surface area contributed by atoms with Gasteiger partial charge >= 0.3 is 326 Å². The number of alkyl carbamates (subject to hydrolysis) is 1. The number of aromatic nitrogens is 1. The maximum atomic E-state index is 15.1. The van der Waals surface area contributed by atoms with Crippen molar-refractivity contribution in [1.29, 1.82) is 0 Å². The summed E-state index contributed by atoms with van der Waals surface area (Å²) < 4.78 is 51.1. The molecule has 5 heterocycles. The third-order valence-electron chi connectivity index (χ3n) is 14.1. The molecule has 15 nitrogen and oxygen atoms in total. The van der Waals surface area contributed by atoms with Crippen molar-refractivity contribution < 1.29 is 67.7 Å². The molecule has 4 amide bonds. The molecule has 1 aromatic carbocycles. The molecule has 0 radical (unpaired) electrons. The number of ether oxygens (including phenoxy) is 4. The van der Waals surface area contributed by atoms with E-state index in [2.05, 4.69) is 21.9 Å². The zero-order valence-electron chi connectivity index (χ0n) is 35.4. The monoisotopic (exact) mass is 988 g/mol. The molecule has 7 atom stereocenters. The molecule has 3 aliphatic carbocycles. The van der Waals surface area contributed by atoms with Crippen LogP contribution in [0.1, 0.15) is 109 Å². The zero-order chi connectivity index (χ0) is 43.2. The van der Waals surface area contributed by atoms with Gasteiger partial charge in [-0.05, 0) is 6.42 Å². The fourth-order valence-corrected chi connectivity index (χ4v) is 13.9. The first kappa shape index (κ1) is 43.5. The average molecular weight is 989 g/mol. The molecule has 0 spiro atoms. The minimum atomic E-state index is -3.99. The van der Waals surface area contributed by atoms with Gasteiger partial charge in [0.1, 0.15) is 0 Å². The van der Waals surface area contributed by atoms with E-state index in [0.29, 0.717) is 43.9 Å². The van der Waals surface area contributed by atoms with Gasteiger partial charge in [-0.25, -0.2) is 0 Å². The minimum absolute atomic E-state index is 0.0114. The molecule has 2 unspecified atom stereocenters. The van der Waals surface area contributed by atoms with Crippen molar-refractivity contribution in [2.75, 3.05) is 19.8 Å². The van der Waals surface area contributed by atoms with Crippen molar-refractivity contribution in [2.24, 2.45) is 11.8 Å². The van der Waals surface area contributed by atoms with E-state index in [1.165, 1.54) is 4.90 Å². The molecule has 6 fully saturated rings. The first-order valence-corrected chi connectivity index (χ1v) is 26.4. The van der Waals surface area contributed by atoms with Crippen LogP contribution in [-0.4, -0.2) is 104 Å². The summed E-state index contributed by atoms with van der Waals surface area (Å²) in [7, 11) is -3.99. The van der Waals surface area contributed by atoms with Gasteiger partial charge in [0.2, 0.25) is 0 Å². The van der Waals surface area contributed by atoms with E-state index in [0.717, 1.165) is 93.7 Å². The second kappa shape index (κ2) is 17.7. The van der Waals surface area contributed by atoms with Gasteiger partial charge in [-0.3, -0.25) is 0 Å². The summed E-state index contributed by atoms with van der Waals surface area (Å²) in [6.45, 7) is 6.72. The number of alkyl halides is 2. The standard InChI is InChI=1S/C45H59IN5O10S/c1-3-36-45(46-36,42(54)50-62(56,57)44(2)20-21-44)49-39(52)34-25-30-26-51(34)41(53)37(27-12-6-4-7-13-27)48-43(55)61-35-24-28(35)14-8-5-9-16-32-38(59-29-18-22-58-23-19-29)31-15-10-11-17-33(31)47-40(32)60-30/h3,10-11,15,17,27-30,34-37H,1,4-9,12-14,16,18-26H2,2H3,(H,48,55)(H,49,52)(H,50,54)/q-1/t28-,30-,34+,35-,36?,37+,45?/m1/s1. The number of fused-ring (bicyclic) bond motifs is 5. The van der Waals surface area contributed by atoms with E-state index in [4.69, 9.17) is 23.9 Å². The molecule has 9 rings (SSSR count). The predicted molar refractivity (Wildman–Crippen MR) is 224 cm³/mol. The molecule has 62 heavy (non-hydrogen) atoms. The van der Waals surface area contributed by atoms with Gasteiger partial charge in [0.15, 0.2) is 0 Å². The Morgan fingerprint density at radius 1 is 0.984 bits per heavy atom. The van der Waals surface area contributed by atoms with Crippen LogP contribution in [0.4, 0.5) is 4.79 Å². The van der Waals surface area contributed by atoms with Crippen LogP contribution in [0.15, 0.2) is 36.9 Å². The zero-order valence-corrected chi connectivity index (χ0v) is 38.4. The van der Waals surface area contributed by atoms with Crippen molar-refractivity contribution in [3.05, 3.63) is 42.5 Å². The molecule has 4 aliphatic heterocycles. The number of nitrogens with zero attached hydrogens (tertiary/aromatic N) is 2. The predicted octanol–water partition coefficient (Wildman–Crippen LogP) is 1.79. The van der Waals surface area contributed by atoms with Crippen LogP contribution in [0.2, 0.25) is 0 Å². The van der Waals surface area contributed by atoms with Crippen molar-refractivity contribution in [3.8, 4) is 11.6 Å². The second-order valence-corrected chi connectivity index (χ2v) is 24.4. The normalized spacial score (nSPS) is 31.9. The van der Waals surface area contributed by atoms with Gasteiger partial charge in [-0.15, -0.1) is 0 Å². The van der Waals surface area contributed by atoms with Gasteiger partial charge in [0, 0.05) is 12.8 Å². The fraction of sp³-hybridized carbons (Fsp3) is 0.667. The Labute approximate surface area is 373 Å². The van der Waals surface area contributed by atoms with Crippen LogP contribution in [0, 0.1) is 11.8 Å². The molecule has 7 aliphatic rings. The molecule has 338 valence electrons. The van der Waals surface area contributed by atoms with Crippen molar-refractivity contribution in [3.63, 3.8) is 0 Å². The molecular weight excluding hydrogens is 929 g/mol. The Bertz CT molecular complexity index is 2190. The van der Waals surface area contributed by atoms with E-state index in [-0.39, 0.29) is 37.0 Å². The van der Waals surface area contributed by atoms with Gasteiger partial charge in [-0.1, -0.05) is 12.5 Å². The van der Waals surface area contributed by atoms with E-state index in [9.17, 15) is 22.8 Å². The van der Waals surface area contributed by atoms with Crippen LogP contribution in [-0.2, 0) is 40.3 Å². The van der Waals surface area contributed by atoms with E-state index in [1.807, 2.05) is 24.3 Å². The third-order valence-corrected chi connectivity index (χ3v) is 20.1. The molecule has 2 bridgehead atoms. The number of carbonyl (C=O) groups is 4. The van der Waals surface area contributed by atoms with Gasteiger partial charge in [0.05, 0.1) is 13.2 Å². The number of rotatable bonds is 9. The summed E-state index contributed by atoms with van der Waals surface area (Å²) in [6.07, 6.45) is 11.9. The van der Waals surface area contributed by atoms with Crippen LogP contribution >= 0.6 is 0 Å². The molecule has 3 saturated heterocycles. The Morgan fingerprint density at radius 3 is 2.44 bits per heavy atom. The first-order chi connectivity index (χ1) is 29.9. The Hall–Kier alpha value is -3.71. The number of nitrogens with one attached hydrogen (secondary N) is 3. The quantitative estimate of drug-likeness (QED) is 0.144. The summed E-state index contributed by atoms with van der Waals surface area (Å²) in [5.41, 5.74) is 1.55. The number of pyridine rings is 1. The number of carbonyl (C=O) groups excluding carboxylic acids is 4. The molecule has 2 aromatic rings. The van der Waals surface area contributed by atoms with Crippen LogP contribution < -0.4 is 46.0 Å². The number of amides is 4. The fourth-order valence-electron chi connectivity index (χ4n) is 9.74. The van der Waals surface area contributed by atoms with E-state index >= 15 is 4.79 Å². The van der Waals surface area contributed by atoms with Crippen LogP contribution in [0.25, 0.3) is 10.9 Å². The maximum absolute atomic E-state index is 15.1. The van der Waals surface area contributed by atoms with Gasteiger partial charge < -0.3 is 4.74 Å². The van der Waals surface area contributed by atoms with Crippen molar-refractivity contribution in [1.82, 2.24) is 25.2 Å². The number of sulfonamides is 1. The van der Waals surface area contributed by atoms with Gasteiger partial charge in [-0.2, -0.15) is 0 Å². The number of halogens is 1. The van der Waals surface area contributed by atoms with E-state index in [1.54, 1.807) is 13.0 Å². The summed E-state index contributed by atoms with van der Waals surface area (Å²) >= 11 is -1.07. The van der Waals surface area contributed by atoms with Crippen molar-refractivity contribution in [2.45, 2.75) is 152 Å². The average Bonchev–Trinajstić information content (AvgIpc) is 4.23. The topological polar surface area (TPSA) is 192 Å². The Morgan fingerprint density at radius 2 is 1.71 bits per heavy atom. The summed E-state index contributed by atoms with van der Waals surface area (Å²) in [5, 5.41) is 6.80. The summed E-state index contributed by atoms with van der Waals surface area (Å²) in [4.78, 5) is 63.9. The number of hydrogen-bond donors (Lipinski definition) is 3. The summed E-state index contributed by atoms with van der Waals surface area (Å²) in [5.74, 6) is -0.560. The van der Waals surface area contributed by atoms with Crippen molar-refractivity contribution >= 4 is 44.7 Å². The molecule has 3 saturated carbocycles. The molecular formula is C45H59IN5O10S-. The Kier molecular flexibility index (Phi) is 12.4. The first-order valence-electron chi connectivity index (χ1n) is 22.6. The third kappa shape index (κ3) is 9.00. The number of hydrogen-bond acceptors (Lipinski definition) is 11. The Balaban J connectivity index is 1.07. The summed E-state index contributed by atoms with van der Waals surface area (Å²) in [6, 6.07) is 5.79. The molecule has 3 N–H and O–H groups in total. The van der Waals surface area contributed by atoms with Crippen LogP contribution in [0.3, 0.4) is 0 Å². The molecule has 1 aromatic heterocycles. The van der Waals surface area contributed by atoms with E-state index < -0.39 is 85.4 Å². The SMILES string of the molecule is C=CC1[I-]C1(NC(=O)[C@@H]1C[C@@H]2CN1C(=O)[C@H](C1CCCCC1)NC(=O)O[C@@H]1C[C@H]1CCCCCc1c(nc3ccccc3c1OC1CCOCC1)O2)C(=O)NS(=O)(=O)C1(C)CC1. The second-order valence-electron chi connectivity index (χ2n) is 18.5. The number of para-hydroxylation sites is 1. The molecule has 17 heteroatoms.